The number of benzene rings is 1. The molecular weight excluding hydrogens is 563 g/mol. The monoisotopic (exact) mass is 589 g/mol. The summed E-state index contributed by atoms with van der Waals surface area (Å²) in [5.74, 6) is -0.358. The number of aryl methyl sites for hydroxylation is 2. The van der Waals surface area contributed by atoms with E-state index in [0.717, 1.165) is 31.9 Å². The zero-order valence-corrected chi connectivity index (χ0v) is 25.5. The van der Waals surface area contributed by atoms with E-state index in [0.29, 0.717) is 0 Å². The van der Waals surface area contributed by atoms with Crippen LogP contribution in [0.15, 0.2) is 60.7 Å². The number of thiophene rings is 4. The molecule has 0 fully saturated rings. The summed E-state index contributed by atoms with van der Waals surface area (Å²) in [4.78, 5) is 23.9. The number of esters is 1. The molecule has 6 rings (SSSR count). The van der Waals surface area contributed by atoms with Crippen LogP contribution >= 0.6 is 45.3 Å². The van der Waals surface area contributed by atoms with Gasteiger partial charge >= 0.3 is 5.97 Å². The maximum atomic E-state index is 12.6. The molecule has 0 unspecified atom stereocenters. The fourth-order valence-corrected chi connectivity index (χ4v) is 8.34. The lowest BCUT2D eigenvalue weighted by molar-refractivity contribution is -0.156. The van der Waals surface area contributed by atoms with Gasteiger partial charge in [-0.1, -0.05) is 12.1 Å². The zero-order valence-electron chi connectivity index (χ0n) is 22.3. The third-order valence-electron chi connectivity index (χ3n) is 5.98. The molecule has 0 bridgehead atoms. The summed E-state index contributed by atoms with van der Waals surface area (Å²) < 4.78 is 5.54. The Morgan fingerprint density at radius 1 is 0.667 bits per heavy atom. The Kier molecular flexibility index (Phi) is 6.79. The van der Waals surface area contributed by atoms with E-state index in [2.05, 4.69) is 74.5 Å². The highest BCUT2D eigenvalue weighted by molar-refractivity contribution is 7.24. The summed E-state index contributed by atoms with van der Waals surface area (Å²) in [6.07, 6.45) is 0. The van der Waals surface area contributed by atoms with Crippen molar-refractivity contribution < 1.29 is 9.53 Å². The first-order valence-electron chi connectivity index (χ1n) is 12.6. The molecule has 0 atom stereocenters. The lowest BCUT2D eigenvalue weighted by Crippen LogP contribution is -2.27. The molecular formula is C30H27N3O2S4. The Morgan fingerprint density at radius 3 is 1.49 bits per heavy atom. The first kappa shape index (κ1) is 26.1. The Balaban J connectivity index is 1.43. The predicted molar refractivity (Wildman–Crippen MR) is 166 cm³/mol. The minimum Gasteiger partial charge on any atom is -0.459 e. The molecule has 0 spiro atoms. The van der Waals surface area contributed by atoms with E-state index in [1.807, 2.05) is 20.8 Å². The molecule has 39 heavy (non-hydrogen) atoms. The smallest absolute Gasteiger partial charge is 0.330 e. The molecule has 0 aliphatic heterocycles. The standard InChI is InChI=1S/C30H27N3O2S4/c1-17-6-10-23(36-17)25-14-12-21(38-25)19-8-9-20(22-13-15-26(39-22)24-11-7-18(2)37-24)29-28(19)31-33(32-29)16-27(34)35-30(3,4)5/h6-15H,16H2,1-5H3. The van der Waals surface area contributed by atoms with E-state index >= 15 is 0 Å². The highest BCUT2D eigenvalue weighted by atomic mass is 32.1. The van der Waals surface area contributed by atoms with E-state index in [1.165, 1.54) is 34.1 Å². The number of nitrogens with zero attached hydrogens (tertiary/aromatic N) is 3. The first-order chi connectivity index (χ1) is 18.6. The van der Waals surface area contributed by atoms with Crippen LogP contribution in [-0.4, -0.2) is 26.6 Å². The van der Waals surface area contributed by atoms with Gasteiger partial charge in [0.1, 0.15) is 16.6 Å². The molecule has 5 heterocycles. The molecule has 9 heteroatoms. The van der Waals surface area contributed by atoms with Gasteiger partial charge in [-0.2, -0.15) is 15.0 Å². The predicted octanol–water partition coefficient (Wildman–Crippen LogP) is 9.30. The SMILES string of the molecule is Cc1ccc(-c2ccc(-c3ccc(-c4ccc(-c5ccc(C)s5)s4)c4nn(CC(=O)OC(C)(C)C)nc34)s2)s1. The summed E-state index contributed by atoms with van der Waals surface area (Å²) in [6, 6.07) is 21.6. The summed E-state index contributed by atoms with van der Waals surface area (Å²) in [6.45, 7) is 9.80. The molecule has 0 N–H and O–H groups in total. The molecule has 198 valence electrons. The minimum atomic E-state index is -0.568. The van der Waals surface area contributed by atoms with Crippen LogP contribution in [0.3, 0.4) is 0 Å². The topological polar surface area (TPSA) is 57.0 Å². The van der Waals surface area contributed by atoms with Crippen molar-refractivity contribution in [2.75, 3.05) is 0 Å². The summed E-state index contributed by atoms with van der Waals surface area (Å²) in [5, 5.41) is 9.64. The van der Waals surface area contributed by atoms with Gasteiger partial charge in [-0.25, -0.2) is 4.79 Å². The van der Waals surface area contributed by atoms with Crippen molar-refractivity contribution in [3.63, 3.8) is 0 Å². The van der Waals surface area contributed by atoms with Gasteiger partial charge < -0.3 is 4.74 Å². The van der Waals surface area contributed by atoms with Crippen molar-refractivity contribution >= 4 is 62.3 Å². The Hall–Kier alpha value is -3.11. The molecule has 0 aliphatic carbocycles. The number of hydrogen-bond donors (Lipinski definition) is 0. The molecule has 5 aromatic heterocycles. The number of carbonyl (C=O) groups is 1. The minimum absolute atomic E-state index is 0.0425. The Morgan fingerprint density at radius 2 is 1.08 bits per heavy atom. The molecule has 0 saturated carbocycles. The average Bonchev–Trinajstić information content (AvgIpc) is 3.66. The van der Waals surface area contributed by atoms with Crippen molar-refractivity contribution in [3.8, 4) is 40.4 Å². The van der Waals surface area contributed by atoms with Crippen LogP contribution in [0.25, 0.3) is 51.4 Å². The van der Waals surface area contributed by atoms with E-state index in [1.54, 1.807) is 45.3 Å². The van der Waals surface area contributed by atoms with Crippen LogP contribution in [0.5, 0.6) is 0 Å². The zero-order chi connectivity index (χ0) is 27.3. The molecule has 0 radical (unpaired) electrons. The molecule has 0 amide bonds. The van der Waals surface area contributed by atoms with Crippen molar-refractivity contribution in [2.24, 2.45) is 0 Å². The second kappa shape index (κ2) is 10.1. The van der Waals surface area contributed by atoms with Gasteiger partial charge in [0.25, 0.3) is 0 Å². The average molecular weight is 590 g/mol. The van der Waals surface area contributed by atoms with E-state index in [4.69, 9.17) is 14.9 Å². The summed E-state index contributed by atoms with van der Waals surface area (Å²) in [5.41, 5.74) is 3.03. The van der Waals surface area contributed by atoms with Crippen LogP contribution in [0, 0.1) is 13.8 Å². The van der Waals surface area contributed by atoms with Crippen LogP contribution < -0.4 is 0 Å². The van der Waals surface area contributed by atoms with Gasteiger partial charge in [0.2, 0.25) is 0 Å². The molecule has 6 aromatic rings. The Labute approximate surface area is 243 Å². The van der Waals surface area contributed by atoms with Crippen molar-refractivity contribution in [2.45, 2.75) is 46.8 Å². The number of hydrogen-bond acceptors (Lipinski definition) is 8. The number of fused-ring (bicyclic) bond motifs is 1. The second-order valence-electron chi connectivity index (χ2n) is 10.3. The van der Waals surface area contributed by atoms with Gasteiger partial charge in [-0.15, -0.1) is 45.3 Å². The van der Waals surface area contributed by atoms with Gasteiger partial charge in [0.15, 0.2) is 6.54 Å². The van der Waals surface area contributed by atoms with Crippen molar-refractivity contribution in [1.82, 2.24) is 15.0 Å². The third-order valence-corrected chi connectivity index (χ3v) is 10.6. The summed E-state index contributed by atoms with van der Waals surface area (Å²) >= 11 is 7.10. The van der Waals surface area contributed by atoms with Gasteiger partial charge in [-0.3, -0.25) is 0 Å². The third kappa shape index (κ3) is 5.49. The number of rotatable bonds is 6. The largest absolute Gasteiger partial charge is 0.459 e. The van der Waals surface area contributed by atoms with Crippen LogP contribution in [0.1, 0.15) is 30.5 Å². The molecule has 0 aliphatic rings. The fraction of sp³-hybridized carbons (Fsp3) is 0.233. The maximum Gasteiger partial charge on any atom is 0.330 e. The molecule has 0 saturated heterocycles. The van der Waals surface area contributed by atoms with E-state index in [9.17, 15) is 4.79 Å². The van der Waals surface area contributed by atoms with Gasteiger partial charge in [0, 0.05) is 50.1 Å². The maximum absolute atomic E-state index is 12.6. The molecule has 1 aromatic carbocycles. The van der Waals surface area contributed by atoms with Gasteiger partial charge in [0.05, 0.1) is 0 Å². The van der Waals surface area contributed by atoms with Crippen LogP contribution in [0.4, 0.5) is 0 Å². The lowest BCUT2D eigenvalue weighted by Gasteiger charge is -2.18. The normalized spacial score (nSPS) is 11.9. The number of aromatic nitrogens is 3. The lowest BCUT2D eigenvalue weighted by atomic mass is 10.1. The first-order valence-corrected chi connectivity index (χ1v) is 15.8. The Bertz CT molecular complexity index is 1690. The van der Waals surface area contributed by atoms with Gasteiger partial charge in [-0.05, 0) is 83.1 Å². The van der Waals surface area contributed by atoms with E-state index in [-0.39, 0.29) is 12.5 Å². The van der Waals surface area contributed by atoms with Crippen LogP contribution in [0.2, 0.25) is 0 Å². The van der Waals surface area contributed by atoms with Crippen LogP contribution in [-0.2, 0) is 16.1 Å². The van der Waals surface area contributed by atoms with Crippen molar-refractivity contribution in [3.05, 3.63) is 70.4 Å². The second-order valence-corrected chi connectivity index (χ2v) is 15.1. The van der Waals surface area contributed by atoms with E-state index < -0.39 is 5.60 Å². The number of ether oxygens (including phenoxy) is 1. The fourth-order valence-electron chi connectivity index (χ4n) is 4.36. The highest BCUT2D eigenvalue weighted by Crippen LogP contribution is 2.43. The molecule has 5 nitrogen and oxygen atoms in total. The quantitative estimate of drug-likeness (QED) is 0.182. The summed E-state index contributed by atoms with van der Waals surface area (Å²) in [7, 11) is 0. The van der Waals surface area contributed by atoms with Crippen molar-refractivity contribution in [1.29, 1.82) is 0 Å². The number of carbonyl (C=O) groups excluding carboxylic acids is 1. The highest BCUT2D eigenvalue weighted by Gasteiger charge is 2.21.